The minimum atomic E-state index is -10.3. The van der Waals surface area contributed by atoms with Crippen LogP contribution in [0.2, 0.25) is 0 Å². The Kier molecular flexibility index (Phi) is 31.4. The molecule has 0 radical (unpaired) electrons. The van der Waals surface area contributed by atoms with Crippen molar-refractivity contribution in [1.82, 2.24) is 0 Å². The van der Waals surface area contributed by atoms with Gasteiger partial charge in [-0.3, -0.25) is 27.1 Å². The maximum Gasteiger partial charge on any atom is 0.384 e. The summed E-state index contributed by atoms with van der Waals surface area (Å²) in [6.45, 7) is -33.9. The van der Waals surface area contributed by atoms with Crippen LogP contribution >= 0.6 is 23.0 Å². The fourth-order valence-corrected chi connectivity index (χ4v) is 16.5. The Bertz CT molecular complexity index is 3270. The van der Waals surface area contributed by atoms with E-state index in [-0.39, 0.29) is 0 Å². The molecule has 9 nitrogen and oxygen atoms in total. The summed E-state index contributed by atoms with van der Waals surface area (Å²) in [5.41, 5.74) is 0. The van der Waals surface area contributed by atoms with Crippen molar-refractivity contribution in [3.8, 4) is 0 Å². The molecule has 0 aliphatic carbocycles. The number of alkyl halides is 64. The van der Waals surface area contributed by atoms with Gasteiger partial charge in [-0.05, 0) is 12.8 Å². The summed E-state index contributed by atoms with van der Waals surface area (Å²) in [5.74, 6) is -236. The fourth-order valence-electron chi connectivity index (χ4n) is 6.98. The van der Waals surface area contributed by atoms with Crippen molar-refractivity contribution in [2.75, 3.05) is 39.6 Å². The number of hydrogen-bond acceptors (Lipinski definition) is 9. The van der Waals surface area contributed by atoms with Crippen molar-refractivity contribution in [1.29, 1.82) is 0 Å². The maximum atomic E-state index is 15.7. The van der Waals surface area contributed by atoms with Crippen LogP contribution < -0.4 is 0 Å². The highest BCUT2D eigenvalue weighted by molar-refractivity contribution is 7.78. The molecule has 76 heteroatoms. The van der Waals surface area contributed by atoms with E-state index >= 15 is 96.6 Å². The van der Waals surface area contributed by atoms with Crippen molar-refractivity contribution in [2.24, 2.45) is 13.5 Å². The molecular weight excluding hydrogens is 1950 g/mol. The van der Waals surface area contributed by atoms with Crippen LogP contribution in [-0.4, -0.2) is 232 Å². The van der Waals surface area contributed by atoms with Gasteiger partial charge in [0.05, 0.1) is 0 Å². The molecule has 0 saturated heterocycles. The second-order valence-electron chi connectivity index (χ2n) is 22.6. The highest BCUT2D eigenvalue weighted by Gasteiger charge is 2.94. The molecule has 0 aromatic heterocycles. The molecule has 1 atom stereocenters. The Morgan fingerprint density at radius 1 is 0.186 bits per heavy atom. The molecule has 1 aliphatic rings. The molecule has 0 N–H and O–H groups in total. The summed E-state index contributed by atoms with van der Waals surface area (Å²) in [6, 6.07) is 0. The van der Waals surface area contributed by atoms with Crippen LogP contribution in [0.3, 0.4) is 0 Å². The summed E-state index contributed by atoms with van der Waals surface area (Å²) in [6.07, 6.45) is -46.8. The first kappa shape index (κ1) is 112. The first-order chi connectivity index (χ1) is 51.0. The van der Waals surface area contributed by atoms with Gasteiger partial charge in [0.15, 0.2) is 0 Å². The topological polar surface area (TPSA) is 92.5 Å². The average Bonchev–Trinajstić information content (AvgIpc) is 0.730. The third kappa shape index (κ3) is 18.4. The monoisotopic (exact) mass is 1980 g/mol. The Hall–Kier alpha value is -4.03. The lowest BCUT2D eigenvalue weighted by Gasteiger charge is -2.41. The van der Waals surface area contributed by atoms with Crippen LogP contribution in [0.4, 0.5) is 281 Å². The third-order valence-corrected chi connectivity index (χ3v) is 22.3. The van der Waals surface area contributed by atoms with E-state index in [1.54, 1.807) is 0 Å². The summed E-state index contributed by atoms with van der Waals surface area (Å²) in [4.78, 5) is 0. The number of halogens is 64. The van der Waals surface area contributed by atoms with E-state index in [0.717, 1.165) is 4.52 Å². The number of rotatable bonds is 48. The minimum absolute atomic E-state index is 0.972. The van der Waals surface area contributed by atoms with Gasteiger partial charge in [0.1, 0.15) is 39.6 Å². The van der Waals surface area contributed by atoms with Gasteiger partial charge in [-0.2, -0.15) is 220 Å². The summed E-state index contributed by atoms with van der Waals surface area (Å²) >= 11 is 0. The molecule has 1 heterocycles. The van der Waals surface area contributed by atoms with Crippen molar-refractivity contribution in [3.05, 3.63) is 0 Å². The smallest absolute Gasteiger partial charge is 0.300 e. The SMILES string of the molecule is FC(F)CCCCC(F)(F)COP1(OCC(F)(F)C(F)(F)C(F)(F)C(F)(F)C(F)(F)C(F)F)=NP(OCC(F)(F)C(F)(F)C(F)(F)C(F)(F)C(F)(F)C(F)F)(OCC(F)(F)C(F)(F)C(F)(F)C(F)(F)C(F)(F)C(F)F)=NP(OCC(F)(F)C(F)(F)C(F)(F)C(F)(F)C(F)(F)C(F)F)(OCC(F)(F)C(F)(F)C(F)(F)C(F)(F)C(F)(F)C(F)F)=N1. The standard InChI is InChI=1S/C42H26F64N3O6P3/c43-11(44)3-1-2-4-17(55,56)5-110-116(111-6-18(57,58)28(77,78)38(97,98)33(87,88)23(67,68)12(45)46)107-117(112-7-19(59,60)29(79,80)39(99,100)34(89,90)24(69,70)13(47)48,113-8-20(61,62)30(81,82)40(101,102)35(91,92)25(71,72)14(49)50)109-118(108-116,114-9-21(63,64)31(83,84)41(103,104)36(93,94)26(73,74)15(51)52)115-10-22(65,66)32(85,86)42(105,106)37(95,96)27(75,76)16(53)54/h11-16H,1-10H2. The Morgan fingerprint density at radius 3 is 0.466 bits per heavy atom. The first-order valence-electron chi connectivity index (χ1n) is 27.3. The van der Waals surface area contributed by atoms with Gasteiger partial charge >= 0.3 is 203 Å². The van der Waals surface area contributed by atoms with Crippen LogP contribution in [0, 0.1) is 0 Å². The lowest BCUT2D eigenvalue weighted by Crippen LogP contribution is -2.69. The van der Waals surface area contributed by atoms with E-state index in [4.69, 9.17) is 0 Å². The quantitative estimate of drug-likeness (QED) is 0.0342. The largest absolute Gasteiger partial charge is 0.384 e. The molecule has 118 heavy (non-hydrogen) atoms. The Balaban J connectivity index is 6.12. The van der Waals surface area contributed by atoms with Gasteiger partial charge in [-0.25, -0.2) is 61.5 Å². The number of hydrogen-bond donors (Lipinski definition) is 0. The predicted octanol–water partition coefficient (Wildman–Crippen LogP) is 25.6. The second kappa shape index (κ2) is 33.1. The molecule has 0 saturated carbocycles. The lowest BCUT2D eigenvalue weighted by molar-refractivity contribution is -0.415. The molecule has 1 rings (SSSR count). The molecule has 0 spiro atoms. The molecule has 708 valence electrons. The van der Waals surface area contributed by atoms with E-state index in [9.17, 15) is 184 Å². The fraction of sp³-hybridized carbons (Fsp3) is 1.00. The highest BCUT2D eigenvalue weighted by Crippen LogP contribution is 2.83. The molecule has 0 fully saturated rings. The molecule has 0 amide bonds. The van der Waals surface area contributed by atoms with Gasteiger partial charge < -0.3 is 0 Å². The third-order valence-electron chi connectivity index (χ3n) is 14.1. The van der Waals surface area contributed by atoms with E-state index in [2.05, 4.69) is 27.1 Å². The van der Waals surface area contributed by atoms with Crippen molar-refractivity contribution < 1.29 is 308 Å². The van der Waals surface area contributed by atoms with Gasteiger partial charge in [-0.15, -0.1) is 13.5 Å². The second-order valence-corrected chi connectivity index (χ2v) is 29.3. The molecule has 0 aromatic carbocycles. The zero-order valence-corrected chi connectivity index (χ0v) is 55.5. The summed E-state index contributed by atoms with van der Waals surface area (Å²) in [7, 11) is -30.4. The summed E-state index contributed by atoms with van der Waals surface area (Å²) in [5, 5.41) is 0. The van der Waals surface area contributed by atoms with E-state index in [1.807, 2.05) is 0 Å². The number of unbranched alkanes of at least 4 members (excludes halogenated alkanes) is 1. The molecule has 1 aliphatic heterocycles. The molecule has 1 unspecified atom stereocenters. The number of nitrogens with zero attached hydrogens (tertiary/aromatic N) is 3. The minimum Gasteiger partial charge on any atom is -0.300 e. The molecular formula is C42H26F64N3O6P3. The molecule has 0 bridgehead atoms. The van der Waals surface area contributed by atoms with Crippen LogP contribution in [0.1, 0.15) is 25.7 Å². The van der Waals surface area contributed by atoms with E-state index in [1.165, 1.54) is 9.03 Å². The summed E-state index contributed by atoms with van der Waals surface area (Å²) < 4.78 is 947. The van der Waals surface area contributed by atoms with Crippen LogP contribution in [-0.2, 0) is 27.1 Å². The molecule has 0 aromatic rings. The Morgan fingerprint density at radius 2 is 0.331 bits per heavy atom. The zero-order chi connectivity index (χ0) is 95.4. The van der Waals surface area contributed by atoms with Crippen molar-refractivity contribution in [2.45, 2.75) is 218 Å². The van der Waals surface area contributed by atoms with Crippen molar-refractivity contribution in [3.63, 3.8) is 0 Å². The van der Waals surface area contributed by atoms with E-state index in [0.29, 0.717) is 0 Å². The zero-order valence-electron chi connectivity index (χ0n) is 52.9. The normalized spacial score (nSPS) is 18.9. The van der Waals surface area contributed by atoms with Gasteiger partial charge in [0.25, 0.3) is 5.92 Å². The van der Waals surface area contributed by atoms with Crippen LogP contribution in [0.15, 0.2) is 13.5 Å². The predicted molar refractivity (Wildman–Crippen MR) is 247 cm³/mol. The van der Waals surface area contributed by atoms with E-state index < -0.39 is 281 Å². The lowest BCUT2D eigenvalue weighted by atomic mass is 9.95. The average molecular weight is 1980 g/mol. The maximum absolute atomic E-state index is 15.7. The highest BCUT2D eigenvalue weighted by atomic mass is 31.3. The first-order valence-corrected chi connectivity index (χ1v) is 31.9. The van der Waals surface area contributed by atoms with Gasteiger partial charge in [0.2, 0.25) is 6.43 Å². The van der Waals surface area contributed by atoms with Gasteiger partial charge in [0, 0.05) is 12.8 Å². The van der Waals surface area contributed by atoms with Crippen LogP contribution in [0.25, 0.3) is 0 Å². The van der Waals surface area contributed by atoms with Crippen LogP contribution in [0.5, 0.6) is 0 Å². The van der Waals surface area contributed by atoms with Crippen molar-refractivity contribution >= 4 is 23.0 Å². The van der Waals surface area contributed by atoms with Gasteiger partial charge in [-0.1, -0.05) is 0 Å². The Labute approximate surface area is 603 Å².